The van der Waals surface area contributed by atoms with E-state index in [4.69, 9.17) is 4.74 Å². The smallest absolute Gasteiger partial charge is 0.342 e. The van der Waals surface area contributed by atoms with E-state index in [1.54, 1.807) is 7.05 Å². The zero-order valence-electron chi connectivity index (χ0n) is 14.7. The molecule has 26 heavy (non-hydrogen) atoms. The lowest BCUT2D eigenvalue weighted by molar-refractivity contribution is -0.123. The number of carbonyl (C=O) groups is 2. The van der Waals surface area contributed by atoms with Crippen molar-refractivity contribution in [3.63, 3.8) is 0 Å². The first-order chi connectivity index (χ1) is 12.5. The monoisotopic (exact) mass is 372 g/mol. The first-order valence-corrected chi connectivity index (χ1v) is 9.36. The number of anilines is 1. The van der Waals surface area contributed by atoms with Crippen LogP contribution in [-0.2, 0) is 29.4 Å². The summed E-state index contributed by atoms with van der Waals surface area (Å²) in [5, 5.41) is 16.7. The summed E-state index contributed by atoms with van der Waals surface area (Å²) in [5.41, 5.74) is 1.89. The first-order valence-electron chi connectivity index (χ1n) is 8.54. The number of rotatable bonds is 4. The molecule has 0 aliphatic heterocycles. The molecular weight excluding hydrogens is 352 g/mol. The van der Waals surface area contributed by atoms with E-state index in [-0.39, 0.29) is 5.56 Å². The summed E-state index contributed by atoms with van der Waals surface area (Å²) in [4.78, 5) is 25.6. The quantitative estimate of drug-likeness (QED) is 0.657. The molecule has 2 aromatic rings. The van der Waals surface area contributed by atoms with Crippen LogP contribution in [-0.4, -0.2) is 27.8 Å². The molecule has 1 atom stereocenters. The van der Waals surface area contributed by atoms with Gasteiger partial charge in [-0.05, 0) is 38.2 Å². The molecule has 8 heteroatoms. The van der Waals surface area contributed by atoms with Gasteiger partial charge < -0.3 is 10.1 Å². The molecule has 1 amide bonds. The number of thiophene rings is 1. The van der Waals surface area contributed by atoms with Crippen molar-refractivity contribution in [3.8, 4) is 6.07 Å². The minimum absolute atomic E-state index is 0.285. The third-order valence-electron chi connectivity index (χ3n) is 4.36. The Hall–Kier alpha value is -2.66. The van der Waals surface area contributed by atoms with Crippen LogP contribution < -0.4 is 5.32 Å². The molecule has 3 rings (SSSR count). The van der Waals surface area contributed by atoms with E-state index in [0.717, 1.165) is 37.7 Å². The summed E-state index contributed by atoms with van der Waals surface area (Å²) in [6.07, 6.45) is 7.07. The fourth-order valence-corrected chi connectivity index (χ4v) is 4.21. The van der Waals surface area contributed by atoms with Crippen molar-refractivity contribution in [2.45, 2.75) is 45.1 Å². The lowest BCUT2D eigenvalue weighted by atomic mass is 10.1. The third kappa shape index (κ3) is 3.78. The number of esters is 1. The van der Waals surface area contributed by atoms with Crippen molar-refractivity contribution in [1.29, 1.82) is 5.26 Å². The SMILES string of the molecule is C[C@H](OC(=O)c1cnn(C)c1)C(=O)Nc1sc2c(c1C#N)CCCCC2. The van der Waals surface area contributed by atoms with Crippen molar-refractivity contribution in [2.24, 2.45) is 7.05 Å². The Morgan fingerprint density at radius 3 is 2.85 bits per heavy atom. The van der Waals surface area contributed by atoms with E-state index in [9.17, 15) is 14.9 Å². The fraction of sp³-hybridized carbons (Fsp3) is 0.444. The van der Waals surface area contributed by atoms with Crippen LogP contribution in [0.4, 0.5) is 5.00 Å². The van der Waals surface area contributed by atoms with Gasteiger partial charge >= 0.3 is 5.97 Å². The predicted molar refractivity (Wildman–Crippen MR) is 97.0 cm³/mol. The summed E-state index contributed by atoms with van der Waals surface area (Å²) in [6, 6.07) is 2.22. The van der Waals surface area contributed by atoms with Gasteiger partial charge in [-0.3, -0.25) is 9.48 Å². The Balaban J connectivity index is 1.69. The van der Waals surface area contributed by atoms with Crippen LogP contribution in [0.1, 0.15) is 52.5 Å². The number of amides is 1. The van der Waals surface area contributed by atoms with Crippen molar-refractivity contribution >= 4 is 28.2 Å². The molecule has 136 valence electrons. The van der Waals surface area contributed by atoms with E-state index < -0.39 is 18.0 Å². The molecule has 0 saturated carbocycles. The maximum Gasteiger partial charge on any atom is 0.342 e. The fourth-order valence-electron chi connectivity index (χ4n) is 2.97. The molecule has 0 aromatic carbocycles. The minimum Gasteiger partial charge on any atom is -0.449 e. The molecule has 0 bridgehead atoms. The summed E-state index contributed by atoms with van der Waals surface area (Å²) in [5.74, 6) is -1.06. The number of hydrogen-bond donors (Lipinski definition) is 1. The third-order valence-corrected chi connectivity index (χ3v) is 5.57. The van der Waals surface area contributed by atoms with Crippen molar-refractivity contribution in [2.75, 3.05) is 5.32 Å². The molecule has 1 aliphatic rings. The van der Waals surface area contributed by atoms with Gasteiger partial charge in [-0.25, -0.2) is 4.79 Å². The Morgan fingerprint density at radius 1 is 1.38 bits per heavy atom. The van der Waals surface area contributed by atoms with Crippen LogP contribution in [0, 0.1) is 11.3 Å². The average molecular weight is 372 g/mol. The van der Waals surface area contributed by atoms with E-state index in [1.165, 1.54) is 40.2 Å². The summed E-state index contributed by atoms with van der Waals surface area (Å²) >= 11 is 1.46. The van der Waals surface area contributed by atoms with E-state index in [0.29, 0.717) is 10.6 Å². The lowest BCUT2D eigenvalue weighted by Gasteiger charge is -2.12. The second kappa shape index (κ2) is 7.70. The Bertz CT molecular complexity index is 878. The van der Waals surface area contributed by atoms with Gasteiger partial charge in [0.15, 0.2) is 6.10 Å². The highest BCUT2D eigenvalue weighted by Gasteiger charge is 2.24. The highest BCUT2D eigenvalue weighted by atomic mass is 32.1. The zero-order chi connectivity index (χ0) is 18.7. The van der Waals surface area contributed by atoms with E-state index in [2.05, 4.69) is 16.5 Å². The lowest BCUT2D eigenvalue weighted by Crippen LogP contribution is -2.29. The van der Waals surface area contributed by atoms with Gasteiger partial charge in [0.1, 0.15) is 11.1 Å². The number of nitrogens with one attached hydrogen (secondary N) is 1. The van der Waals surface area contributed by atoms with Crippen molar-refractivity contribution in [3.05, 3.63) is 34.0 Å². The van der Waals surface area contributed by atoms with Crippen molar-refractivity contribution in [1.82, 2.24) is 9.78 Å². The molecule has 0 unspecified atom stereocenters. The summed E-state index contributed by atoms with van der Waals surface area (Å²) in [7, 11) is 1.69. The van der Waals surface area contributed by atoms with Crippen LogP contribution in [0.5, 0.6) is 0 Å². The van der Waals surface area contributed by atoms with Crippen LogP contribution in [0.2, 0.25) is 0 Å². The Kier molecular flexibility index (Phi) is 5.38. The maximum atomic E-state index is 12.4. The zero-order valence-corrected chi connectivity index (χ0v) is 15.6. The normalized spacial score (nSPS) is 14.7. The van der Waals surface area contributed by atoms with Crippen molar-refractivity contribution < 1.29 is 14.3 Å². The highest BCUT2D eigenvalue weighted by Crippen LogP contribution is 2.37. The molecule has 1 aliphatic carbocycles. The molecule has 0 fully saturated rings. The summed E-state index contributed by atoms with van der Waals surface area (Å²) in [6.45, 7) is 1.51. The second-order valence-corrected chi connectivity index (χ2v) is 7.43. The standard InChI is InChI=1S/C18H20N4O3S/c1-11(25-18(24)12-9-20-22(2)10-12)16(23)21-17-14(8-19)13-6-4-3-5-7-15(13)26-17/h9-11H,3-7H2,1-2H3,(H,21,23)/t11-/m0/s1. The summed E-state index contributed by atoms with van der Waals surface area (Å²) < 4.78 is 6.68. The number of fused-ring (bicyclic) bond motifs is 1. The van der Waals surface area contributed by atoms with Gasteiger partial charge in [-0.2, -0.15) is 10.4 Å². The number of hydrogen-bond acceptors (Lipinski definition) is 6. The highest BCUT2D eigenvalue weighted by molar-refractivity contribution is 7.16. The van der Waals surface area contributed by atoms with Crippen LogP contribution >= 0.6 is 11.3 Å². The number of ether oxygens (including phenoxy) is 1. The van der Waals surface area contributed by atoms with Gasteiger partial charge in [0.05, 0.1) is 17.3 Å². The van der Waals surface area contributed by atoms with Crippen LogP contribution in [0.3, 0.4) is 0 Å². The van der Waals surface area contributed by atoms with Gasteiger partial charge in [-0.15, -0.1) is 11.3 Å². The number of aryl methyl sites for hydroxylation is 2. The number of nitrogens with zero attached hydrogens (tertiary/aromatic N) is 3. The number of aromatic nitrogens is 2. The van der Waals surface area contributed by atoms with Crippen LogP contribution in [0.25, 0.3) is 0 Å². The van der Waals surface area contributed by atoms with Gasteiger partial charge in [0, 0.05) is 18.1 Å². The average Bonchev–Trinajstić information content (AvgIpc) is 3.10. The second-order valence-electron chi connectivity index (χ2n) is 6.32. The largest absolute Gasteiger partial charge is 0.449 e. The number of carbonyl (C=O) groups excluding carboxylic acids is 2. The van der Waals surface area contributed by atoms with Crippen LogP contribution in [0.15, 0.2) is 12.4 Å². The van der Waals surface area contributed by atoms with E-state index in [1.807, 2.05) is 0 Å². The predicted octanol–water partition coefficient (Wildman–Crippen LogP) is 2.81. The van der Waals surface area contributed by atoms with Gasteiger partial charge in [0.2, 0.25) is 0 Å². The Labute approximate surface area is 155 Å². The maximum absolute atomic E-state index is 12.4. The van der Waals surface area contributed by atoms with Gasteiger partial charge in [-0.1, -0.05) is 6.42 Å². The molecule has 0 radical (unpaired) electrons. The molecule has 0 saturated heterocycles. The molecule has 2 aromatic heterocycles. The Morgan fingerprint density at radius 2 is 2.15 bits per heavy atom. The topological polar surface area (TPSA) is 97.0 Å². The molecule has 2 heterocycles. The van der Waals surface area contributed by atoms with E-state index >= 15 is 0 Å². The molecule has 7 nitrogen and oxygen atoms in total. The minimum atomic E-state index is -0.976. The molecule has 1 N–H and O–H groups in total. The number of nitriles is 1. The van der Waals surface area contributed by atoms with Gasteiger partial charge in [0.25, 0.3) is 5.91 Å². The molecular formula is C18H20N4O3S. The first kappa shape index (κ1) is 18.1. The molecule has 0 spiro atoms.